The lowest BCUT2D eigenvalue weighted by molar-refractivity contribution is -0.245. The van der Waals surface area contributed by atoms with E-state index < -0.39 is 6.29 Å². The summed E-state index contributed by atoms with van der Waals surface area (Å²) in [5.74, 6) is 0.394. The van der Waals surface area contributed by atoms with Crippen molar-refractivity contribution >= 4 is 28.7 Å². The quantitative estimate of drug-likeness (QED) is 0.180. The second-order valence-electron chi connectivity index (χ2n) is 9.86. The molecule has 0 unspecified atom stereocenters. The Labute approximate surface area is 247 Å². The third-order valence-corrected chi connectivity index (χ3v) is 7.95. The molecule has 3 heterocycles. The summed E-state index contributed by atoms with van der Waals surface area (Å²) in [5.41, 5.74) is 5.40. The van der Waals surface area contributed by atoms with Crippen LogP contribution < -0.4 is 5.32 Å². The van der Waals surface area contributed by atoms with Gasteiger partial charge in [-0.05, 0) is 34.9 Å². The van der Waals surface area contributed by atoms with E-state index in [1.165, 1.54) is 6.20 Å². The largest absolute Gasteiger partial charge is 0.392 e. The number of thioether (sulfide) groups is 1. The minimum absolute atomic E-state index is 0.00363. The van der Waals surface area contributed by atoms with E-state index in [-0.39, 0.29) is 30.4 Å². The first kappa shape index (κ1) is 27.9. The zero-order chi connectivity index (χ0) is 28.7. The summed E-state index contributed by atoms with van der Waals surface area (Å²) in [6, 6.07) is 24.9. The van der Waals surface area contributed by atoms with Gasteiger partial charge in [-0.15, -0.1) is 0 Å². The average molecular weight is 580 g/mol. The monoisotopic (exact) mass is 579 g/mol. The van der Waals surface area contributed by atoms with Crippen LogP contribution in [0.5, 0.6) is 0 Å². The zero-order valence-corrected chi connectivity index (χ0v) is 23.5. The van der Waals surface area contributed by atoms with E-state index >= 15 is 0 Å². The SMILES string of the molecule is O=C(NCc1ccc([C@@H]2O[C@H](CSc3ncccn3)C[C@H](c3ccc(CO)cc3)O2)cc1)c1cnc2ccccc2n1. The first-order chi connectivity index (χ1) is 20.6. The molecule has 0 radical (unpaired) electrons. The summed E-state index contributed by atoms with van der Waals surface area (Å²) in [6.07, 6.45) is 4.78. The highest BCUT2D eigenvalue weighted by molar-refractivity contribution is 7.99. The number of amides is 1. The molecule has 0 spiro atoms. The number of aliphatic hydroxyl groups is 1. The second-order valence-corrected chi connectivity index (χ2v) is 10.8. The second kappa shape index (κ2) is 13.2. The standard InChI is InChI=1S/C32H29N5O4S/c38-19-22-8-10-23(11-9-22)29-16-25(20-42-32-33-14-3-15-34-32)40-31(41-29)24-12-6-21(7-13-24)17-36-30(39)28-18-35-26-4-1-2-5-27(26)37-28/h1-15,18,25,29,31,38H,16-17,19-20H2,(H,36,39)/t25-,29+,31+/m0/s1. The minimum Gasteiger partial charge on any atom is -0.392 e. The molecular formula is C32H29N5O4S. The van der Waals surface area contributed by atoms with E-state index in [0.29, 0.717) is 29.4 Å². The van der Waals surface area contributed by atoms with E-state index in [9.17, 15) is 9.90 Å². The van der Waals surface area contributed by atoms with Crippen molar-refractivity contribution in [2.45, 2.75) is 43.2 Å². The van der Waals surface area contributed by atoms with E-state index in [1.54, 1.807) is 30.2 Å². The van der Waals surface area contributed by atoms with Gasteiger partial charge in [-0.2, -0.15) is 0 Å². The molecule has 3 aromatic carbocycles. The first-order valence-corrected chi connectivity index (χ1v) is 14.6. The molecule has 9 nitrogen and oxygen atoms in total. The lowest BCUT2D eigenvalue weighted by Crippen LogP contribution is -2.31. The minimum atomic E-state index is -0.569. The normalized spacial score (nSPS) is 18.5. The summed E-state index contributed by atoms with van der Waals surface area (Å²) in [4.78, 5) is 30.1. The Bertz CT molecular complexity index is 1640. The van der Waals surface area contributed by atoms with Gasteiger partial charge in [-0.3, -0.25) is 9.78 Å². The van der Waals surface area contributed by atoms with Gasteiger partial charge in [0, 0.05) is 36.7 Å². The van der Waals surface area contributed by atoms with Gasteiger partial charge >= 0.3 is 0 Å². The Morgan fingerprint density at radius 2 is 1.57 bits per heavy atom. The van der Waals surface area contributed by atoms with Gasteiger partial charge in [-0.1, -0.05) is 72.4 Å². The van der Waals surface area contributed by atoms with Gasteiger partial charge in [0.2, 0.25) is 0 Å². The topological polar surface area (TPSA) is 119 Å². The van der Waals surface area contributed by atoms with Gasteiger partial charge in [0.25, 0.3) is 5.91 Å². The van der Waals surface area contributed by atoms with Crippen molar-refractivity contribution in [2.24, 2.45) is 0 Å². The maximum atomic E-state index is 12.7. The number of nitrogens with zero attached hydrogens (tertiary/aromatic N) is 4. The van der Waals surface area contributed by atoms with Crippen LogP contribution in [0.2, 0.25) is 0 Å². The Hall–Kier alpha value is -4.22. The van der Waals surface area contributed by atoms with E-state index in [1.807, 2.05) is 72.8 Å². The van der Waals surface area contributed by atoms with Crippen LogP contribution in [0.1, 0.15) is 51.6 Å². The maximum absolute atomic E-state index is 12.7. The van der Waals surface area contributed by atoms with E-state index in [4.69, 9.17) is 9.47 Å². The van der Waals surface area contributed by atoms with Crippen molar-refractivity contribution in [3.8, 4) is 0 Å². The number of aliphatic hydroxyl groups excluding tert-OH is 1. The summed E-state index contributed by atoms with van der Waals surface area (Å²) in [6.45, 7) is 0.340. The first-order valence-electron chi connectivity index (χ1n) is 13.6. The summed E-state index contributed by atoms with van der Waals surface area (Å²) >= 11 is 1.55. The Morgan fingerprint density at radius 1 is 0.857 bits per heavy atom. The van der Waals surface area contributed by atoms with E-state index in [2.05, 4.69) is 25.3 Å². The lowest BCUT2D eigenvalue weighted by Gasteiger charge is -2.36. The fraction of sp³-hybridized carbons (Fsp3) is 0.219. The van der Waals surface area contributed by atoms with Gasteiger partial charge < -0.3 is 19.9 Å². The number of benzene rings is 3. The van der Waals surface area contributed by atoms with Crippen molar-refractivity contribution in [1.29, 1.82) is 0 Å². The molecule has 2 N–H and O–H groups in total. The molecule has 1 aliphatic rings. The van der Waals surface area contributed by atoms with Gasteiger partial charge in [-0.25, -0.2) is 15.0 Å². The van der Waals surface area contributed by atoms with Crippen LogP contribution in [-0.4, -0.2) is 42.8 Å². The summed E-state index contributed by atoms with van der Waals surface area (Å²) in [5, 5.41) is 13.1. The molecule has 3 atom stereocenters. The summed E-state index contributed by atoms with van der Waals surface area (Å²) in [7, 11) is 0. The van der Waals surface area contributed by atoms with Crippen molar-refractivity contribution in [3.63, 3.8) is 0 Å². The van der Waals surface area contributed by atoms with Gasteiger partial charge in [0.15, 0.2) is 11.4 Å². The molecule has 1 saturated heterocycles. The predicted molar refractivity (Wildman–Crippen MR) is 158 cm³/mol. The van der Waals surface area contributed by atoms with Crippen LogP contribution in [0.4, 0.5) is 0 Å². The van der Waals surface area contributed by atoms with Crippen molar-refractivity contribution in [2.75, 3.05) is 5.75 Å². The number of nitrogens with one attached hydrogen (secondary N) is 1. The average Bonchev–Trinajstić information content (AvgIpc) is 3.06. The number of ether oxygens (including phenoxy) is 2. The Balaban J connectivity index is 1.12. The molecular weight excluding hydrogens is 550 g/mol. The highest BCUT2D eigenvalue weighted by Crippen LogP contribution is 2.39. The van der Waals surface area contributed by atoms with Gasteiger partial charge in [0.05, 0.1) is 36.0 Å². The number of carbonyl (C=O) groups excluding carboxylic acids is 1. The highest BCUT2D eigenvalue weighted by Gasteiger charge is 2.32. The molecule has 1 fully saturated rings. The molecule has 0 aliphatic carbocycles. The van der Waals surface area contributed by atoms with Crippen LogP contribution in [0.3, 0.4) is 0 Å². The fourth-order valence-corrected chi connectivity index (χ4v) is 5.50. The lowest BCUT2D eigenvalue weighted by atomic mass is 10.0. The van der Waals surface area contributed by atoms with Crippen LogP contribution in [0.15, 0.2) is 103 Å². The third kappa shape index (κ3) is 6.80. The number of hydrogen-bond donors (Lipinski definition) is 2. The molecule has 2 aromatic heterocycles. The van der Waals surface area contributed by atoms with Crippen LogP contribution in [-0.2, 0) is 22.6 Å². The number of para-hydroxylation sites is 2. The third-order valence-electron chi connectivity index (χ3n) is 6.94. The van der Waals surface area contributed by atoms with Crippen LogP contribution in [0.25, 0.3) is 11.0 Å². The van der Waals surface area contributed by atoms with Crippen molar-refractivity contribution in [3.05, 3.63) is 125 Å². The highest BCUT2D eigenvalue weighted by atomic mass is 32.2. The Morgan fingerprint density at radius 3 is 2.33 bits per heavy atom. The zero-order valence-electron chi connectivity index (χ0n) is 22.7. The molecule has 10 heteroatoms. The van der Waals surface area contributed by atoms with Crippen LogP contribution >= 0.6 is 11.8 Å². The number of carbonyl (C=O) groups is 1. The smallest absolute Gasteiger partial charge is 0.271 e. The van der Waals surface area contributed by atoms with Crippen LogP contribution in [0, 0.1) is 0 Å². The molecule has 1 aliphatic heterocycles. The van der Waals surface area contributed by atoms with Gasteiger partial charge in [0.1, 0.15) is 5.69 Å². The summed E-state index contributed by atoms with van der Waals surface area (Å²) < 4.78 is 12.8. The maximum Gasteiger partial charge on any atom is 0.271 e. The number of aromatic nitrogens is 4. The molecule has 0 saturated carbocycles. The number of hydrogen-bond acceptors (Lipinski definition) is 9. The Kier molecular flexibility index (Phi) is 8.76. The molecule has 212 valence electrons. The molecule has 42 heavy (non-hydrogen) atoms. The number of fused-ring (bicyclic) bond motifs is 1. The fourth-order valence-electron chi connectivity index (χ4n) is 4.68. The predicted octanol–water partition coefficient (Wildman–Crippen LogP) is 5.18. The number of rotatable bonds is 9. The van der Waals surface area contributed by atoms with Crippen molar-refractivity contribution in [1.82, 2.24) is 25.3 Å². The van der Waals surface area contributed by atoms with Crippen molar-refractivity contribution < 1.29 is 19.4 Å². The molecule has 0 bridgehead atoms. The van der Waals surface area contributed by atoms with E-state index in [0.717, 1.165) is 27.8 Å². The molecule has 1 amide bonds. The molecule has 6 rings (SSSR count). The molecule has 5 aromatic rings.